The maximum atomic E-state index is 11.5. The first-order valence-corrected chi connectivity index (χ1v) is 11.2. The van der Waals surface area contributed by atoms with Crippen molar-refractivity contribution in [1.82, 2.24) is 4.90 Å². The van der Waals surface area contributed by atoms with Gasteiger partial charge in [-0.15, -0.1) is 0 Å². The summed E-state index contributed by atoms with van der Waals surface area (Å²) in [6.07, 6.45) is 18.5. The summed E-state index contributed by atoms with van der Waals surface area (Å²) < 4.78 is 5.54. The first-order chi connectivity index (χ1) is 12.7. The molecular formula is C23H45NO2. The van der Waals surface area contributed by atoms with Gasteiger partial charge in [0.25, 0.3) is 0 Å². The van der Waals surface area contributed by atoms with Crippen LogP contribution in [0.4, 0.5) is 0 Å². The van der Waals surface area contributed by atoms with Crippen LogP contribution in [0, 0.1) is 0 Å². The van der Waals surface area contributed by atoms with E-state index in [4.69, 9.17) is 4.74 Å². The number of hydrogen-bond acceptors (Lipinski definition) is 3. The Labute approximate surface area is 163 Å². The van der Waals surface area contributed by atoms with E-state index in [0.29, 0.717) is 0 Å². The molecule has 0 aromatic carbocycles. The molecule has 1 atom stereocenters. The van der Waals surface area contributed by atoms with Gasteiger partial charge >= 0.3 is 5.97 Å². The number of nitrogens with zero attached hydrogens (tertiary/aromatic N) is 1. The lowest BCUT2D eigenvalue weighted by molar-refractivity contribution is -0.144. The van der Waals surface area contributed by atoms with Crippen molar-refractivity contribution >= 4 is 5.97 Å². The molecule has 0 N–H and O–H groups in total. The zero-order valence-electron chi connectivity index (χ0n) is 17.9. The summed E-state index contributed by atoms with van der Waals surface area (Å²) in [6, 6.07) is 0. The molecule has 0 saturated heterocycles. The van der Waals surface area contributed by atoms with E-state index < -0.39 is 0 Å². The van der Waals surface area contributed by atoms with Gasteiger partial charge in [0.15, 0.2) is 0 Å². The molecule has 0 aliphatic carbocycles. The fraction of sp³-hybridized carbons (Fsp3) is 0.870. The van der Waals surface area contributed by atoms with Crippen LogP contribution in [0.3, 0.4) is 0 Å². The van der Waals surface area contributed by atoms with Crippen LogP contribution in [0.2, 0.25) is 0 Å². The topological polar surface area (TPSA) is 29.5 Å². The number of ether oxygens (including phenoxy) is 1. The molecule has 0 aromatic rings. The van der Waals surface area contributed by atoms with E-state index in [2.05, 4.69) is 32.3 Å². The Balaban J connectivity index is 3.71. The van der Waals surface area contributed by atoms with Crippen LogP contribution in [-0.2, 0) is 9.53 Å². The van der Waals surface area contributed by atoms with E-state index in [0.717, 1.165) is 32.5 Å². The first kappa shape index (κ1) is 25.2. The summed E-state index contributed by atoms with van der Waals surface area (Å²) in [7, 11) is 0. The SMILES string of the molecule is C=CC(=O)OC(CCCCCCCCCCCCCC)CN(CC)CC. The van der Waals surface area contributed by atoms with E-state index >= 15 is 0 Å². The second-order valence-electron chi connectivity index (χ2n) is 7.43. The van der Waals surface area contributed by atoms with Gasteiger partial charge in [-0.2, -0.15) is 0 Å². The molecule has 0 aliphatic heterocycles. The Hall–Kier alpha value is -0.830. The molecule has 0 radical (unpaired) electrons. The van der Waals surface area contributed by atoms with Gasteiger partial charge in [0.1, 0.15) is 6.10 Å². The van der Waals surface area contributed by atoms with Crippen LogP contribution in [0.1, 0.15) is 104 Å². The number of unbranched alkanes of at least 4 members (excludes halogenated alkanes) is 11. The Morgan fingerprint density at radius 3 is 1.73 bits per heavy atom. The number of carbonyl (C=O) groups is 1. The molecule has 26 heavy (non-hydrogen) atoms. The van der Waals surface area contributed by atoms with Gasteiger partial charge in [0, 0.05) is 12.6 Å². The van der Waals surface area contributed by atoms with Crippen LogP contribution in [0.5, 0.6) is 0 Å². The minimum absolute atomic E-state index is 0.00326. The van der Waals surface area contributed by atoms with Crippen molar-refractivity contribution in [2.24, 2.45) is 0 Å². The zero-order chi connectivity index (χ0) is 19.5. The Morgan fingerprint density at radius 2 is 1.31 bits per heavy atom. The predicted molar refractivity (Wildman–Crippen MR) is 114 cm³/mol. The number of rotatable bonds is 19. The van der Waals surface area contributed by atoms with E-state index in [1.54, 1.807) is 0 Å². The number of likely N-dealkylation sites (N-methyl/N-ethyl adjacent to an activating group) is 1. The lowest BCUT2D eigenvalue weighted by Crippen LogP contribution is -2.34. The highest BCUT2D eigenvalue weighted by Crippen LogP contribution is 2.14. The summed E-state index contributed by atoms with van der Waals surface area (Å²) >= 11 is 0. The van der Waals surface area contributed by atoms with Crippen LogP contribution in [0.15, 0.2) is 12.7 Å². The fourth-order valence-electron chi connectivity index (χ4n) is 3.38. The molecule has 3 heteroatoms. The van der Waals surface area contributed by atoms with Crippen molar-refractivity contribution < 1.29 is 9.53 Å². The highest BCUT2D eigenvalue weighted by atomic mass is 16.5. The van der Waals surface area contributed by atoms with Gasteiger partial charge in [0.05, 0.1) is 0 Å². The van der Waals surface area contributed by atoms with Crippen LogP contribution in [0.25, 0.3) is 0 Å². The van der Waals surface area contributed by atoms with Gasteiger partial charge in [-0.3, -0.25) is 0 Å². The second kappa shape index (κ2) is 18.9. The summed E-state index contributed by atoms with van der Waals surface area (Å²) in [5.74, 6) is -0.291. The third kappa shape index (κ3) is 15.4. The molecule has 0 fully saturated rings. The molecule has 1 unspecified atom stereocenters. The lowest BCUT2D eigenvalue weighted by Gasteiger charge is -2.25. The molecule has 0 saturated carbocycles. The van der Waals surface area contributed by atoms with E-state index in [9.17, 15) is 4.79 Å². The Bertz CT molecular complexity index is 326. The molecule has 3 nitrogen and oxygen atoms in total. The van der Waals surface area contributed by atoms with Crippen molar-refractivity contribution in [2.45, 2.75) is 110 Å². The van der Waals surface area contributed by atoms with Gasteiger partial charge in [0.2, 0.25) is 0 Å². The van der Waals surface area contributed by atoms with Crippen molar-refractivity contribution in [3.8, 4) is 0 Å². The van der Waals surface area contributed by atoms with Crippen molar-refractivity contribution in [3.05, 3.63) is 12.7 Å². The maximum Gasteiger partial charge on any atom is 0.330 e. The summed E-state index contributed by atoms with van der Waals surface area (Å²) in [6.45, 7) is 12.9. The number of hydrogen-bond donors (Lipinski definition) is 0. The number of esters is 1. The third-order valence-corrected chi connectivity index (χ3v) is 5.19. The Kier molecular flexibility index (Phi) is 18.3. The summed E-state index contributed by atoms with van der Waals surface area (Å²) in [5, 5.41) is 0. The molecule has 0 rings (SSSR count). The third-order valence-electron chi connectivity index (χ3n) is 5.19. The van der Waals surface area contributed by atoms with Crippen LogP contribution >= 0.6 is 0 Å². The smallest absolute Gasteiger partial charge is 0.330 e. The average Bonchev–Trinajstić information content (AvgIpc) is 2.66. The van der Waals surface area contributed by atoms with Gasteiger partial charge in [-0.1, -0.05) is 98.0 Å². The highest BCUT2D eigenvalue weighted by Gasteiger charge is 2.15. The van der Waals surface area contributed by atoms with Gasteiger partial charge in [-0.25, -0.2) is 4.79 Å². The largest absolute Gasteiger partial charge is 0.458 e. The highest BCUT2D eigenvalue weighted by molar-refractivity contribution is 5.81. The minimum Gasteiger partial charge on any atom is -0.458 e. The first-order valence-electron chi connectivity index (χ1n) is 11.2. The molecule has 154 valence electrons. The molecule has 0 bridgehead atoms. The molecule has 0 aliphatic rings. The van der Waals surface area contributed by atoms with E-state index in [1.807, 2.05) is 0 Å². The molecule has 0 heterocycles. The molecule has 0 spiro atoms. The summed E-state index contributed by atoms with van der Waals surface area (Å²) in [4.78, 5) is 13.9. The maximum absolute atomic E-state index is 11.5. The second-order valence-corrected chi connectivity index (χ2v) is 7.43. The Morgan fingerprint density at radius 1 is 0.846 bits per heavy atom. The van der Waals surface area contributed by atoms with Gasteiger partial charge in [-0.05, 0) is 25.9 Å². The normalized spacial score (nSPS) is 12.3. The average molecular weight is 368 g/mol. The predicted octanol–water partition coefficient (Wildman–Crippen LogP) is 6.52. The van der Waals surface area contributed by atoms with Crippen LogP contribution in [-0.4, -0.2) is 36.6 Å². The standard InChI is InChI=1S/C23H45NO2/c1-5-9-10-11-12-13-14-15-16-17-18-19-20-22(26-23(25)6-2)21-24(7-3)8-4/h6,22H,2,5,7-21H2,1,3-4H3. The van der Waals surface area contributed by atoms with Gasteiger partial charge < -0.3 is 9.64 Å². The van der Waals surface area contributed by atoms with E-state index in [1.165, 1.54) is 76.7 Å². The monoisotopic (exact) mass is 367 g/mol. The van der Waals surface area contributed by atoms with Crippen molar-refractivity contribution in [2.75, 3.05) is 19.6 Å². The van der Waals surface area contributed by atoms with Crippen LogP contribution < -0.4 is 0 Å². The summed E-state index contributed by atoms with van der Waals surface area (Å²) in [5.41, 5.74) is 0. The zero-order valence-corrected chi connectivity index (χ0v) is 17.9. The number of carbonyl (C=O) groups excluding carboxylic acids is 1. The van der Waals surface area contributed by atoms with E-state index in [-0.39, 0.29) is 12.1 Å². The minimum atomic E-state index is -0.291. The van der Waals surface area contributed by atoms with Crippen molar-refractivity contribution in [3.63, 3.8) is 0 Å². The quantitative estimate of drug-likeness (QED) is 0.148. The lowest BCUT2D eigenvalue weighted by atomic mass is 10.0. The molecular weight excluding hydrogens is 322 g/mol. The molecule has 0 amide bonds. The fourth-order valence-corrected chi connectivity index (χ4v) is 3.38. The van der Waals surface area contributed by atoms with Crippen molar-refractivity contribution in [1.29, 1.82) is 0 Å². The molecule has 0 aromatic heterocycles.